The molecule has 27 heavy (non-hydrogen) atoms. The molecule has 0 spiro atoms. The standard InChI is InChI=1S/C18H17N3O5S/c1-2-24-14-8-3-4-9-15(14)25-11-17(23)26-10-16(22)19-12-6-5-7-13-18(12)21-27-20-13/h3-9H,2,10-11H2,1H3,(H,19,22). The van der Waals surface area contributed by atoms with Crippen molar-refractivity contribution in [2.75, 3.05) is 25.1 Å². The Morgan fingerprint density at radius 2 is 1.78 bits per heavy atom. The van der Waals surface area contributed by atoms with Crippen molar-refractivity contribution in [3.8, 4) is 11.5 Å². The molecule has 1 amide bonds. The number of ether oxygens (including phenoxy) is 3. The summed E-state index contributed by atoms with van der Waals surface area (Å²) in [6.07, 6.45) is 0. The summed E-state index contributed by atoms with van der Waals surface area (Å²) < 4.78 is 24.0. The third-order valence-corrected chi connectivity index (χ3v) is 3.96. The van der Waals surface area contributed by atoms with E-state index in [-0.39, 0.29) is 6.61 Å². The van der Waals surface area contributed by atoms with E-state index in [0.717, 1.165) is 11.7 Å². The SMILES string of the molecule is CCOc1ccccc1OCC(=O)OCC(=O)Nc1cccc2nsnc12. The Labute approximate surface area is 159 Å². The van der Waals surface area contributed by atoms with Gasteiger partial charge in [-0.05, 0) is 31.2 Å². The van der Waals surface area contributed by atoms with Gasteiger partial charge < -0.3 is 19.5 Å². The van der Waals surface area contributed by atoms with Crippen LogP contribution in [-0.2, 0) is 14.3 Å². The van der Waals surface area contributed by atoms with E-state index in [0.29, 0.717) is 34.8 Å². The first-order valence-corrected chi connectivity index (χ1v) is 8.91. The Hall–Kier alpha value is -3.20. The second kappa shape index (κ2) is 8.95. The predicted octanol–water partition coefficient (Wildman–Crippen LogP) is 2.65. The highest BCUT2D eigenvalue weighted by Crippen LogP contribution is 2.26. The van der Waals surface area contributed by atoms with Crippen LogP contribution >= 0.6 is 11.7 Å². The summed E-state index contributed by atoms with van der Waals surface area (Å²) in [6, 6.07) is 12.3. The number of nitrogens with one attached hydrogen (secondary N) is 1. The Morgan fingerprint density at radius 3 is 2.56 bits per heavy atom. The molecule has 0 bridgehead atoms. The van der Waals surface area contributed by atoms with Crippen LogP contribution in [-0.4, -0.2) is 40.4 Å². The van der Waals surface area contributed by atoms with Gasteiger partial charge in [0.05, 0.1) is 24.0 Å². The molecule has 140 valence electrons. The van der Waals surface area contributed by atoms with Gasteiger partial charge in [-0.15, -0.1) is 0 Å². The number of nitrogens with zero attached hydrogens (tertiary/aromatic N) is 2. The van der Waals surface area contributed by atoms with Crippen molar-refractivity contribution in [1.82, 2.24) is 8.75 Å². The van der Waals surface area contributed by atoms with Crippen LogP contribution in [0.4, 0.5) is 5.69 Å². The van der Waals surface area contributed by atoms with E-state index in [1.165, 1.54) is 0 Å². The van der Waals surface area contributed by atoms with Crippen molar-refractivity contribution in [2.45, 2.75) is 6.92 Å². The lowest BCUT2D eigenvalue weighted by Crippen LogP contribution is -2.23. The van der Waals surface area contributed by atoms with Crippen molar-refractivity contribution in [3.05, 3.63) is 42.5 Å². The minimum Gasteiger partial charge on any atom is -0.490 e. The van der Waals surface area contributed by atoms with Crippen LogP contribution < -0.4 is 14.8 Å². The first kappa shape index (κ1) is 18.6. The van der Waals surface area contributed by atoms with E-state index >= 15 is 0 Å². The maximum Gasteiger partial charge on any atom is 0.344 e. The monoisotopic (exact) mass is 387 g/mol. The van der Waals surface area contributed by atoms with Gasteiger partial charge in [-0.25, -0.2) is 4.79 Å². The number of aromatic nitrogens is 2. The van der Waals surface area contributed by atoms with Crippen molar-refractivity contribution in [3.63, 3.8) is 0 Å². The zero-order chi connectivity index (χ0) is 19.1. The van der Waals surface area contributed by atoms with Crippen LogP contribution in [0.15, 0.2) is 42.5 Å². The summed E-state index contributed by atoms with van der Waals surface area (Å²) in [5, 5.41) is 2.65. The second-order valence-electron chi connectivity index (χ2n) is 5.31. The molecule has 8 nitrogen and oxygen atoms in total. The van der Waals surface area contributed by atoms with Gasteiger partial charge in [0.25, 0.3) is 5.91 Å². The van der Waals surface area contributed by atoms with E-state index in [9.17, 15) is 9.59 Å². The summed E-state index contributed by atoms with van der Waals surface area (Å²) in [6.45, 7) is 1.57. The summed E-state index contributed by atoms with van der Waals surface area (Å²) in [4.78, 5) is 23.8. The number of amides is 1. The largest absolute Gasteiger partial charge is 0.490 e. The average Bonchev–Trinajstić information content (AvgIpc) is 3.16. The van der Waals surface area contributed by atoms with Crippen molar-refractivity contribution < 1.29 is 23.8 Å². The molecule has 0 aliphatic rings. The van der Waals surface area contributed by atoms with Crippen LogP contribution in [0.1, 0.15) is 6.92 Å². The van der Waals surface area contributed by atoms with Crippen LogP contribution in [0.5, 0.6) is 11.5 Å². The highest BCUT2D eigenvalue weighted by Gasteiger charge is 2.12. The number of hydrogen-bond donors (Lipinski definition) is 1. The summed E-state index contributed by atoms with van der Waals surface area (Å²) in [5.74, 6) is -0.164. The maximum atomic E-state index is 12.0. The van der Waals surface area contributed by atoms with E-state index in [1.54, 1.807) is 42.5 Å². The number of benzene rings is 2. The molecule has 1 heterocycles. The van der Waals surface area contributed by atoms with Gasteiger partial charge in [-0.2, -0.15) is 8.75 Å². The van der Waals surface area contributed by atoms with Gasteiger partial charge in [-0.1, -0.05) is 18.2 Å². The minimum atomic E-state index is -0.662. The first-order valence-electron chi connectivity index (χ1n) is 8.18. The number of carbonyl (C=O) groups is 2. The molecule has 0 unspecified atom stereocenters. The number of rotatable bonds is 8. The molecule has 0 radical (unpaired) electrons. The van der Waals surface area contributed by atoms with Gasteiger partial charge in [0.1, 0.15) is 11.0 Å². The Kier molecular flexibility index (Phi) is 6.16. The zero-order valence-corrected chi connectivity index (χ0v) is 15.3. The fourth-order valence-electron chi connectivity index (χ4n) is 2.26. The Morgan fingerprint density at radius 1 is 1.00 bits per heavy atom. The van der Waals surface area contributed by atoms with Crippen molar-refractivity contribution in [1.29, 1.82) is 0 Å². The lowest BCUT2D eigenvalue weighted by atomic mass is 10.2. The lowest BCUT2D eigenvalue weighted by molar-refractivity contribution is -0.149. The molecule has 3 aromatic rings. The summed E-state index contributed by atoms with van der Waals surface area (Å²) >= 11 is 1.06. The number of fused-ring (bicyclic) bond motifs is 1. The molecule has 0 saturated heterocycles. The highest BCUT2D eigenvalue weighted by atomic mass is 32.1. The van der Waals surface area contributed by atoms with E-state index in [4.69, 9.17) is 14.2 Å². The van der Waals surface area contributed by atoms with E-state index < -0.39 is 18.5 Å². The van der Waals surface area contributed by atoms with Gasteiger partial charge in [0, 0.05) is 0 Å². The van der Waals surface area contributed by atoms with Gasteiger partial charge in [0.15, 0.2) is 24.7 Å². The molecule has 0 aliphatic carbocycles. The topological polar surface area (TPSA) is 99.6 Å². The summed E-state index contributed by atoms with van der Waals surface area (Å²) in [7, 11) is 0. The van der Waals surface area contributed by atoms with Crippen LogP contribution in [0.2, 0.25) is 0 Å². The molecule has 1 N–H and O–H groups in total. The maximum absolute atomic E-state index is 12.0. The molecular weight excluding hydrogens is 370 g/mol. The fourth-order valence-corrected chi connectivity index (χ4v) is 2.81. The first-order chi connectivity index (χ1) is 13.2. The molecule has 0 saturated carbocycles. The second-order valence-corrected chi connectivity index (χ2v) is 5.84. The number of anilines is 1. The van der Waals surface area contributed by atoms with Crippen LogP contribution in [0.3, 0.4) is 0 Å². The quantitative estimate of drug-likeness (QED) is 0.593. The van der Waals surface area contributed by atoms with E-state index in [2.05, 4.69) is 14.1 Å². The number of carbonyl (C=O) groups excluding carboxylic acids is 2. The lowest BCUT2D eigenvalue weighted by Gasteiger charge is -2.11. The molecule has 2 aromatic carbocycles. The van der Waals surface area contributed by atoms with Gasteiger partial charge in [0.2, 0.25) is 0 Å². The van der Waals surface area contributed by atoms with Gasteiger partial charge >= 0.3 is 5.97 Å². The molecule has 9 heteroatoms. The zero-order valence-electron chi connectivity index (χ0n) is 14.5. The van der Waals surface area contributed by atoms with E-state index in [1.807, 2.05) is 6.92 Å². The molecule has 3 rings (SSSR count). The third kappa shape index (κ3) is 4.91. The molecule has 1 aromatic heterocycles. The Bertz CT molecular complexity index is 943. The predicted molar refractivity (Wildman–Crippen MR) is 100 cm³/mol. The average molecular weight is 387 g/mol. The number of para-hydroxylation sites is 2. The van der Waals surface area contributed by atoms with Gasteiger partial charge in [-0.3, -0.25) is 4.79 Å². The highest BCUT2D eigenvalue weighted by molar-refractivity contribution is 7.00. The molecule has 0 fully saturated rings. The molecule has 0 aliphatic heterocycles. The third-order valence-electron chi connectivity index (χ3n) is 3.42. The molecular formula is C18H17N3O5S. The van der Waals surface area contributed by atoms with Crippen LogP contribution in [0.25, 0.3) is 11.0 Å². The normalized spacial score (nSPS) is 10.4. The fraction of sp³-hybridized carbons (Fsp3) is 0.222. The number of esters is 1. The van der Waals surface area contributed by atoms with Crippen molar-refractivity contribution >= 4 is 40.3 Å². The van der Waals surface area contributed by atoms with Crippen molar-refractivity contribution in [2.24, 2.45) is 0 Å². The number of hydrogen-bond acceptors (Lipinski definition) is 8. The minimum absolute atomic E-state index is 0.330. The summed E-state index contributed by atoms with van der Waals surface area (Å²) in [5.41, 5.74) is 1.80. The molecule has 0 atom stereocenters. The smallest absolute Gasteiger partial charge is 0.344 e. The Balaban J connectivity index is 1.48. The van der Waals surface area contributed by atoms with Crippen LogP contribution in [0, 0.1) is 0 Å².